The minimum Gasteiger partial charge on any atom is -0.397 e. The third kappa shape index (κ3) is 2.24. The second-order valence-electron chi connectivity index (χ2n) is 5.12. The van der Waals surface area contributed by atoms with E-state index < -0.39 is 11.6 Å². The number of hydrogen-bond acceptors (Lipinski definition) is 4. The Hall–Kier alpha value is -1.81. The van der Waals surface area contributed by atoms with E-state index in [1.165, 1.54) is 0 Å². The highest BCUT2D eigenvalue weighted by molar-refractivity contribution is 5.96. The van der Waals surface area contributed by atoms with Crippen LogP contribution in [0, 0.1) is 0 Å². The number of nitrogens with one attached hydrogen (secondary N) is 1. The molecule has 2 aromatic rings. The van der Waals surface area contributed by atoms with E-state index in [0.29, 0.717) is 5.69 Å². The standard InChI is InChI=1S/C14H19N3O/c1-9(18)14(2,3)17-12-7-6-11-10(13(12)15)5-4-8-16-11/h4-9,17-18H,15H2,1-3H3. The first kappa shape index (κ1) is 12.6. The van der Waals surface area contributed by atoms with E-state index in [1.807, 2.05) is 38.1 Å². The first-order valence-electron chi connectivity index (χ1n) is 6.01. The predicted octanol–water partition coefficient (Wildman–Crippen LogP) is 2.39. The van der Waals surface area contributed by atoms with Crippen LogP contribution in [0.5, 0.6) is 0 Å². The quantitative estimate of drug-likeness (QED) is 0.726. The van der Waals surface area contributed by atoms with Gasteiger partial charge in [-0.1, -0.05) is 0 Å². The smallest absolute Gasteiger partial charge is 0.0736 e. The normalized spacial score (nSPS) is 13.6. The Labute approximate surface area is 107 Å². The first-order valence-corrected chi connectivity index (χ1v) is 6.01. The molecule has 0 saturated heterocycles. The number of benzene rings is 1. The number of nitrogens with two attached hydrogens (primary N) is 1. The Bertz CT molecular complexity index is 564. The molecule has 1 unspecified atom stereocenters. The molecule has 0 radical (unpaired) electrons. The highest BCUT2D eigenvalue weighted by Crippen LogP contribution is 2.30. The van der Waals surface area contributed by atoms with Crippen LogP contribution in [0.4, 0.5) is 11.4 Å². The van der Waals surface area contributed by atoms with Crippen molar-refractivity contribution in [2.24, 2.45) is 0 Å². The fourth-order valence-electron chi connectivity index (χ4n) is 1.74. The predicted molar refractivity (Wildman–Crippen MR) is 75.5 cm³/mol. The molecule has 0 aliphatic rings. The van der Waals surface area contributed by atoms with Crippen LogP contribution in [0.1, 0.15) is 20.8 Å². The molecule has 96 valence electrons. The average molecular weight is 245 g/mol. The molecule has 4 heteroatoms. The molecule has 4 nitrogen and oxygen atoms in total. The average Bonchev–Trinajstić information content (AvgIpc) is 2.33. The van der Waals surface area contributed by atoms with E-state index in [4.69, 9.17) is 5.73 Å². The molecule has 0 aliphatic heterocycles. The summed E-state index contributed by atoms with van der Waals surface area (Å²) in [6, 6.07) is 7.63. The van der Waals surface area contributed by atoms with Crippen LogP contribution in [-0.4, -0.2) is 21.7 Å². The number of aromatic nitrogens is 1. The minimum absolute atomic E-state index is 0.440. The van der Waals surface area contributed by atoms with Crippen LogP contribution in [0.15, 0.2) is 30.5 Å². The van der Waals surface area contributed by atoms with Gasteiger partial charge in [0.1, 0.15) is 0 Å². The molecule has 0 fully saturated rings. The number of fused-ring (bicyclic) bond motifs is 1. The zero-order chi connectivity index (χ0) is 13.3. The highest BCUT2D eigenvalue weighted by atomic mass is 16.3. The molecule has 1 atom stereocenters. The van der Waals surface area contributed by atoms with Gasteiger partial charge in [-0.2, -0.15) is 0 Å². The van der Waals surface area contributed by atoms with Crippen molar-refractivity contribution in [3.63, 3.8) is 0 Å². The summed E-state index contributed by atoms with van der Waals surface area (Å²) in [5.41, 5.74) is 8.05. The first-order chi connectivity index (χ1) is 8.42. The maximum atomic E-state index is 9.73. The van der Waals surface area contributed by atoms with Crippen molar-refractivity contribution in [2.45, 2.75) is 32.4 Å². The number of hydrogen-bond donors (Lipinski definition) is 3. The molecular formula is C14H19N3O. The molecule has 4 N–H and O–H groups in total. The van der Waals surface area contributed by atoms with Gasteiger partial charge in [-0.25, -0.2) is 0 Å². The van der Waals surface area contributed by atoms with Gasteiger partial charge in [0.05, 0.1) is 28.5 Å². The summed E-state index contributed by atoms with van der Waals surface area (Å²) >= 11 is 0. The van der Waals surface area contributed by atoms with Gasteiger partial charge in [0, 0.05) is 11.6 Å². The summed E-state index contributed by atoms with van der Waals surface area (Å²) < 4.78 is 0. The van der Waals surface area contributed by atoms with E-state index in [9.17, 15) is 5.11 Å². The molecule has 18 heavy (non-hydrogen) atoms. The number of pyridine rings is 1. The van der Waals surface area contributed by atoms with Gasteiger partial charge >= 0.3 is 0 Å². The van der Waals surface area contributed by atoms with Crippen molar-refractivity contribution in [3.8, 4) is 0 Å². The Kier molecular flexibility index (Phi) is 3.13. The van der Waals surface area contributed by atoms with Crippen molar-refractivity contribution in [1.29, 1.82) is 0 Å². The van der Waals surface area contributed by atoms with Crippen LogP contribution in [0.25, 0.3) is 10.9 Å². The zero-order valence-corrected chi connectivity index (χ0v) is 10.9. The lowest BCUT2D eigenvalue weighted by molar-refractivity contribution is 0.133. The number of aliphatic hydroxyl groups is 1. The highest BCUT2D eigenvalue weighted by Gasteiger charge is 2.24. The SMILES string of the molecule is CC(O)C(C)(C)Nc1ccc2ncccc2c1N. The lowest BCUT2D eigenvalue weighted by atomic mass is 9.97. The molecule has 0 amide bonds. The maximum Gasteiger partial charge on any atom is 0.0736 e. The topological polar surface area (TPSA) is 71.2 Å². The number of rotatable bonds is 3. The fourth-order valence-corrected chi connectivity index (χ4v) is 1.74. The minimum atomic E-state index is -0.485. The monoisotopic (exact) mass is 245 g/mol. The van der Waals surface area contributed by atoms with E-state index in [-0.39, 0.29) is 0 Å². The molecule has 0 saturated carbocycles. The summed E-state index contributed by atoms with van der Waals surface area (Å²) in [6.07, 6.45) is 1.26. The Morgan fingerprint density at radius 3 is 2.72 bits per heavy atom. The van der Waals surface area contributed by atoms with Crippen LogP contribution in [0.3, 0.4) is 0 Å². The summed E-state index contributed by atoms with van der Waals surface area (Å²) in [4.78, 5) is 4.26. The van der Waals surface area contributed by atoms with E-state index in [1.54, 1.807) is 13.1 Å². The van der Waals surface area contributed by atoms with Crippen molar-refractivity contribution < 1.29 is 5.11 Å². The van der Waals surface area contributed by atoms with Crippen LogP contribution in [-0.2, 0) is 0 Å². The number of aliphatic hydroxyl groups excluding tert-OH is 1. The Balaban J connectivity index is 2.44. The zero-order valence-electron chi connectivity index (χ0n) is 10.9. The van der Waals surface area contributed by atoms with Crippen LogP contribution < -0.4 is 11.1 Å². The van der Waals surface area contributed by atoms with Gasteiger partial charge in [-0.3, -0.25) is 4.98 Å². The van der Waals surface area contributed by atoms with E-state index >= 15 is 0 Å². The third-order valence-corrected chi connectivity index (χ3v) is 3.33. The van der Waals surface area contributed by atoms with Crippen molar-refractivity contribution in [3.05, 3.63) is 30.5 Å². The summed E-state index contributed by atoms with van der Waals surface area (Å²) in [6.45, 7) is 5.63. The van der Waals surface area contributed by atoms with Crippen molar-refractivity contribution >= 4 is 22.3 Å². The second kappa shape index (κ2) is 4.46. The van der Waals surface area contributed by atoms with E-state index in [2.05, 4.69) is 10.3 Å². The van der Waals surface area contributed by atoms with Gasteiger partial charge in [-0.05, 0) is 45.0 Å². The number of nitrogens with zero attached hydrogens (tertiary/aromatic N) is 1. The summed E-state index contributed by atoms with van der Waals surface area (Å²) in [7, 11) is 0. The molecule has 1 heterocycles. The maximum absolute atomic E-state index is 9.73. The van der Waals surface area contributed by atoms with Crippen molar-refractivity contribution in [1.82, 2.24) is 4.98 Å². The largest absolute Gasteiger partial charge is 0.397 e. The lowest BCUT2D eigenvalue weighted by Crippen LogP contribution is -2.42. The van der Waals surface area contributed by atoms with E-state index in [0.717, 1.165) is 16.6 Å². The molecule has 1 aromatic heterocycles. The molecule has 0 spiro atoms. The molecule has 0 aliphatic carbocycles. The van der Waals surface area contributed by atoms with Crippen LogP contribution >= 0.6 is 0 Å². The Morgan fingerprint density at radius 2 is 2.06 bits per heavy atom. The van der Waals surface area contributed by atoms with Gasteiger partial charge in [-0.15, -0.1) is 0 Å². The number of anilines is 2. The third-order valence-electron chi connectivity index (χ3n) is 3.33. The van der Waals surface area contributed by atoms with Crippen molar-refractivity contribution in [2.75, 3.05) is 11.1 Å². The lowest BCUT2D eigenvalue weighted by Gasteiger charge is -2.31. The second-order valence-corrected chi connectivity index (χ2v) is 5.12. The Morgan fingerprint density at radius 1 is 1.33 bits per heavy atom. The molecular weight excluding hydrogens is 226 g/mol. The van der Waals surface area contributed by atoms with Gasteiger partial charge in [0.2, 0.25) is 0 Å². The molecule has 2 rings (SSSR count). The molecule has 0 bridgehead atoms. The number of nitrogen functional groups attached to an aromatic ring is 1. The summed E-state index contributed by atoms with van der Waals surface area (Å²) in [5, 5.41) is 13.9. The fraction of sp³-hybridized carbons (Fsp3) is 0.357. The molecule has 1 aromatic carbocycles. The van der Waals surface area contributed by atoms with Gasteiger partial charge < -0.3 is 16.2 Å². The van der Waals surface area contributed by atoms with Gasteiger partial charge in [0.25, 0.3) is 0 Å². The van der Waals surface area contributed by atoms with Crippen LogP contribution in [0.2, 0.25) is 0 Å². The van der Waals surface area contributed by atoms with Gasteiger partial charge in [0.15, 0.2) is 0 Å². The summed E-state index contributed by atoms with van der Waals surface area (Å²) in [5.74, 6) is 0.